The summed E-state index contributed by atoms with van der Waals surface area (Å²) in [5.74, 6) is -0.484. The first-order chi connectivity index (χ1) is 12.2. The minimum absolute atomic E-state index is 0.154. The van der Waals surface area contributed by atoms with Crippen LogP contribution in [0.15, 0.2) is 66.8 Å². The van der Waals surface area contributed by atoms with Gasteiger partial charge in [-0.2, -0.15) is 0 Å². The number of hydrogen-bond acceptors (Lipinski definition) is 5. The van der Waals surface area contributed by atoms with Gasteiger partial charge in [0.15, 0.2) is 0 Å². The van der Waals surface area contributed by atoms with E-state index in [1.54, 1.807) is 30.3 Å². The van der Waals surface area contributed by atoms with E-state index in [2.05, 4.69) is 47.8 Å². The molecule has 0 saturated heterocycles. The topological polar surface area (TPSA) is 83.5 Å². The number of benzene rings is 3. The van der Waals surface area contributed by atoms with Crippen molar-refractivity contribution in [1.82, 2.24) is 0 Å². The third-order valence-electron chi connectivity index (χ3n) is 3.53. The number of halogens is 3. The van der Waals surface area contributed by atoms with Gasteiger partial charge in [0.1, 0.15) is 15.9 Å². The minimum Gasteiger partial charge on any atom is -0.744 e. The maximum atomic E-state index is 12.6. The molecule has 0 saturated carbocycles. The average molecular weight is 564 g/mol. The second-order valence-electron chi connectivity index (χ2n) is 5.20. The zero-order valence-corrected chi connectivity index (χ0v) is 18.3. The largest absolute Gasteiger partial charge is 0.744 e. The molecule has 0 unspecified atom stereocenters. The molecule has 0 spiro atoms. The SMILES string of the molecule is O=C(Oc1ccc(S(=O)(=O)[O-])c2ccccc12)c1cc(Br)cc(Br)c1Br. The summed E-state index contributed by atoms with van der Waals surface area (Å²) in [6.45, 7) is 0. The van der Waals surface area contributed by atoms with Crippen LogP contribution in [0.1, 0.15) is 10.4 Å². The summed E-state index contributed by atoms with van der Waals surface area (Å²) in [6.07, 6.45) is 0. The van der Waals surface area contributed by atoms with Crippen molar-refractivity contribution < 1.29 is 22.5 Å². The van der Waals surface area contributed by atoms with Crippen LogP contribution in [-0.4, -0.2) is 18.9 Å². The second-order valence-corrected chi connectivity index (χ2v) is 9.11. The number of carbonyl (C=O) groups excluding carboxylic acids is 1. The summed E-state index contributed by atoms with van der Waals surface area (Å²) in [4.78, 5) is 12.2. The van der Waals surface area contributed by atoms with Crippen molar-refractivity contribution in [2.75, 3.05) is 0 Å². The highest BCUT2D eigenvalue weighted by molar-refractivity contribution is 9.13. The molecule has 9 heteroatoms. The van der Waals surface area contributed by atoms with Crippen molar-refractivity contribution in [2.45, 2.75) is 4.90 Å². The zero-order chi connectivity index (χ0) is 19.1. The Hall–Kier alpha value is -1.26. The van der Waals surface area contributed by atoms with Gasteiger partial charge in [0.05, 0.1) is 10.5 Å². The third-order valence-corrected chi connectivity index (χ3v) is 6.89. The van der Waals surface area contributed by atoms with Crippen LogP contribution in [0.25, 0.3) is 10.8 Å². The Morgan fingerprint density at radius 2 is 1.62 bits per heavy atom. The molecule has 0 bridgehead atoms. The van der Waals surface area contributed by atoms with Crippen LogP contribution in [0, 0.1) is 0 Å². The Labute approximate surface area is 174 Å². The summed E-state index contributed by atoms with van der Waals surface area (Å²) >= 11 is 9.97. The lowest BCUT2D eigenvalue weighted by molar-refractivity contribution is 0.0736. The highest BCUT2D eigenvalue weighted by Crippen LogP contribution is 2.34. The van der Waals surface area contributed by atoms with Gasteiger partial charge in [-0.3, -0.25) is 0 Å². The first-order valence-electron chi connectivity index (χ1n) is 7.03. The van der Waals surface area contributed by atoms with E-state index in [-0.39, 0.29) is 21.6 Å². The van der Waals surface area contributed by atoms with Crippen molar-refractivity contribution >= 4 is 74.6 Å². The van der Waals surface area contributed by atoms with E-state index in [1.807, 2.05) is 0 Å². The van der Waals surface area contributed by atoms with Crippen molar-refractivity contribution in [3.8, 4) is 5.75 Å². The number of esters is 1. The maximum absolute atomic E-state index is 12.6. The molecule has 26 heavy (non-hydrogen) atoms. The molecule has 0 aliphatic carbocycles. The molecule has 3 aromatic carbocycles. The van der Waals surface area contributed by atoms with Crippen LogP contribution in [0.5, 0.6) is 5.75 Å². The summed E-state index contributed by atoms with van der Waals surface area (Å²) in [7, 11) is -4.66. The number of hydrogen-bond donors (Lipinski definition) is 0. The van der Waals surface area contributed by atoms with E-state index in [4.69, 9.17) is 4.74 Å². The van der Waals surface area contributed by atoms with Crippen molar-refractivity contribution in [2.24, 2.45) is 0 Å². The Morgan fingerprint density at radius 1 is 0.962 bits per heavy atom. The van der Waals surface area contributed by atoms with E-state index < -0.39 is 16.1 Å². The van der Waals surface area contributed by atoms with E-state index >= 15 is 0 Å². The molecule has 0 fully saturated rings. The number of fused-ring (bicyclic) bond motifs is 1. The lowest BCUT2D eigenvalue weighted by Gasteiger charge is -2.14. The summed E-state index contributed by atoms with van der Waals surface area (Å²) in [5.41, 5.74) is 0.274. The quantitative estimate of drug-likeness (QED) is 0.188. The molecule has 0 atom stereocenters. The highest BCUT2D eigenvalue weighted by Gasteiger charge is 2.18. The maximum Gasteiger partial charge on any atom is 0.344 e. The van der Waals surface area contributed by atoms with Crippen LogP contribution < -0.4 is 4.74 Å². The Balaban J connectivity index is 2.10. The third kappa shape index (κ3) is 3.86. The fraction of sp³-hybridized carbons (Fsp3) is 0. The lowest BCUT2D eigenvalue weighted by atomic mass is 10.1. The number of ether oxygens (including phenoxy) is 1. The molecular weight excluding hydrogens is 556 g/mol. The fourth-order valence-corrected chi connectivity index (χ4v) is 4.71. The van der Waals surface area contributed by atoms with Crippen LogP contribution in [0.2, 0.25) is 0 Å². The normalized spacial score (nSPS) is 11.5. The number of carbonyl (C=O) groups is 1. The van der Waals surface area contributed by atoms with Gasteiger partial charge >= 0.3 is 5.97 Å². The predicted molar refractivity (Wildman–Crippen MR) is 106 cm³/mol. The van der Waals surface area contributed by atoms with Gasteiger partial charge in [-0.25, -0.2) is 13.2 Å². The van der Waals surface area contributed by atoms with Gasteiger partial charge in [-0.1, -0.05) is 40.2 Å². The van der Waals surface area contributed by atoms with Crippen LogP contribution in [0.3, 0.4) is 0 Å². The molecule has 0 N–H and O–H groups in total. The predicted octanol–water partition coefficient (Wildman–Crippen LogP) is 5.25. The molecule has 3 aromatic rings. The van der Waals surface area contributed by atoms with Gasteiger partial charge in [-0.05, 0) is 56.1 Å². The molecule has 0 radical (unpaired) electrons. The monoisotopic (exact) mass is 561 g/mol. The first kappa shape index (κ1) is 19.5. The van der Waals surface area contributed by atoms with Gasteiger partial charge in [0, 0.05) is 24.2 Å². The second kappa shape index (κ2) is 7.40. The summed E-state index contributed by atoms with van der Waals surface area (Å²) < 4.78 is 41.7. The zero-order valence-electron chi connectivity index (χ0n) is 12.7. The Morgan fingerprint density at radius 3 is 2.27 bits per heavy atom. The van der Waals surface area contributed by atoms with Gasteiger partial charge in [0.2, 0.25) is 0 Å². The van der Waals surface area contributed by atoms with Crippen LogP contribution >= 0.6 is 47.8 Å². The van der Waals surface area contributed by atoms with E-state index in [0.717, 1.165) is 6.07 Å². The molecule has 3 rings (SSSR count). The van der Waals surface area contributed by atoms with Crippen molar-refractivity contribution in [3.05, 3.63) is 67.5 Å². The van der Waals surface area contributed by atoms with Crippen LogP contribution in [-0.2, 0) is 10.1 Å². The first-order valence-corrected chi connectivity index (χ1v) is 10.8. The Kier molecular flexibility index (Phi) is 5.55. The fourth-order valence-electron chi connectivity index (χ4n) is 2.41. The molecule has 0 aliphatic rings. The van der Waals surface area contributed by atoms with E-state index in [1.165, 1.54) is 12.1 Å². The number of rotatable bonds is 3. The average Bonchev–Trinajstić information content (AvgIpc) is 2.57. The smallest absolute Gasteiger partial charge is 0.344 e. The molecular formula is C17H8Br3O5S-. The van der Waals surface area contributed by atoms with Gasteiger partial charge < -0.3 is 9.29 Å². The van der Waals surface area contributed by atoms with E-state index in [0.29, 0.717) is 18.8 Å². The molecule has 0 heterocycles. The minimum atomic E-state index is -4.66. The van der Waals surface area contributed by atoms with Gasteiger partial charge in [0.25, 0.3) is 0 Å². The molecule has 0 aliphatic heterocycles. The van der Waals surface area contributed by atoms with Gasteiger partial charge in [-0.15, -0.1) is 0 Å². The van der Waals surface area contributed by atoms with Crippen molar-refractivity contribution in [1.29, 1.82) is 0 Å². The molecule has 0 aromatic heterocycles. The summed E-state index contributed by atoms with van der Waals surface area (Å²) in [6, 6.07) is 12.1. The standard InChI is InChI=1S/C17H9Br3O5S/c18-9-7-12(16(20)13(19)8-9)17(21)25-14-5-6-15(26(22,23)24)11-4-2-1-3-10(11)14/h1-8H,(H,22,23,24)/p-1. The molecule has 0 amide bonds. The molecule has 134 valence electrons. The lowest BCUT2D eigenvalue weighted by Crippen LogP contribution is -2.10. The molecule has 5 nitrogen and oxygen atoms in total. The van der Waals surface area contributed by atoms with E-state index in [9.17, 15) is 17.8 Å². The van der Waals surface area contributed by atoms with Crippen molar-refractivity contribution in [3.63, 3.8) is 0 Å². The Bertz CT molecular complexity index is 1140. The van der Waals surface area contributed by atoms with Crippen LogP contribution in [0.4, 0.5) is 0 Å². The summed E-state index contributed by atoms with van der Waals surface area (Å²) in [5, 5.41) is 0.547. The highest BCUT2D eigenvalue weighted by atomic mass is 79.9.